The molecule has 0 atom stereocenters. The number of nitrogens with zero attached hydrogens (tertiary/aromatic N) is 2. The Morgan fingerprint density at radius 1 is 1.43 bits per heavy atom. The fourth-order valence-corrected chi connectivity index (χ4v) is 1.67. The van der Waals surface area contributed by atoms with Crippen LogP contribution >= 0.6 is 0 Å². The topological polar surface area (TPSA) is 64.9 Å². The Balaban J connectivity index is 2.66. The van der Waals surface area contributed by atoms with Crippen molar-refractivity contribution in [3.05, 3.63) is 23.0 Å². The minimum Gasteiger partial charge on any atom is -0.336 e. The van der Waals surface area contributed by atoms with Crippen molar-refractivity contribution in [2.24, 2.45) is 5.73 Å². The van der Waals surface area contributed by atoms with Gasteiger partial charge >= 0.3 is 0 Å². The molecule has 2 heterocycles. The first-order valence-electron chi connectivity index (χ1n) is 4.65. The van der Waals surface area contributed by atoms with Crippen molar-refractivity contribution in [3.63, 3.8) is 0 Å². The number of aromatic nitrogens is 2. The largest absolute Gasteiger partial charge is 0.336 e. The van der Waals surface area contributed by atoms with E-state index in [4.69, 9.17) is 10.3 Å². The van der Waals surface area contributed by atoms with E-state index in [0.29, 0.717) is 12.3 Å². The Morgan fingerprint density at radius 2 is 2.21 bits per heavy atom. The fourth-order valence-electron chi connectivity index (χ4n) is 1.67. The zero-order chi connectivity index (χ0) is 10.1. The van der Waals surface area contributed by atoms with Gasteiger partial charge in [-0.15, -0.1) is 0 Å². The van der Waals surface area contributed by atoms with Gasteiger partial charge in [-0.1, -0.05) is 5.16 Å². The summed E-state index contributed by atoms with van der Waals surface area (Å²) in [4.78, 5) is 4.27. The van der Waals surface area contributed by atoms with E-state index in [1.54, 1.807) is 0 Å². The second-order valence-electron chi connectivity index (χ2n) is 3.43. The molecule has 0 aromatic carbocycles. The molecule has 14 heavy (non-hydrogen) atoms. The fraction of sp³-hybridized carbons (Fsp3) is 0.400. The third kappa shape index (κ3) is 1.37. The van der Waals surface area contributed by atoms with Crippen LogP contribution in [-0.4, -0.2) is 16.7 Å². The van der Waals surface area contributed by atoms with Crippen LogP contribution in [0, 0.1) is 13.8 Å². The monoisotopic (exact) mass is 191 g/mol. The van der Waals surface area contributed by atoms with E-state index in [0.717, 1.165) is 28.8 Å². The van der Waals surface area contributed by atoms with E-state index in [9.17, 15) is 0 Å². The van der Waals surface area contributed by atoms with Gasteiger partial charge in [-0.05, 0) is 32.0 Å². The lowest BCUT2D eigenvalue weighted by molar-refractivity contribution is 0.438. The lowest BCUT2D eigenvalue weighted by Crippen LogP contribution is -2.03. The van der Waals surface area contributed by atoms with Crippen LogP contribution in [0.4, 0.5) is 0 Å². The van der Waals surface area contributed by atoms with Gasteiger partial charge in [0.15, 0.2) is 0 Å². The highest BCUT2D eigenvalue weighted by Crippen LogP contribution is 2.21. The van der Waals surface area contributed by atoms with Gasteiger partial charge in [0.1, 0.15) is 0 Å². The average molecular weight is 191 g/mol. The second-order valence-corrected chi connectivity index (χ2v) is 3.43. The molecule has 0 unspecified atom stereocenters. The minimum atomic E-state index is 0.578. The molecule has 0 aliphatic rings. The minimum absolute atomic E-state index is 0.578. The van der Waals surface area contributed by atoms with Crippen molar-refractivity contribution < 1.29 is 4.52 Å². The molecule has 2 rings (SSSR count). The van der Waals surface area contributed by atoms with Crippen molar-refractivity contribution in [1.29, 1.82) is 0 Å². The molecule has 74 valence electrons. The molecule has 0 radical (unpaired) electrons. The molecule has 0 fully saturated rings. The van der Waals surface area contributed by atoms with Crippen LogP contribution in [0.1, 0.15) is 17.0 Å². The average Bonchev–Trinajstić information content (AvgIpc) is 2.49. The van der Waals surface area contributed by atoms with Gasteiger partial charge < -0.3 is 10.3 Å². The summed E-state index contributed by atoms with van der Waals surface area (Å²) in [5.74, 6) is 0. The van der Waals surface area contributed by atoms with Gasteiger partial charge in [-0.3, -0.25) is 0 Å². The molecule has 2 N–H and O–H groups in total. The number of hydrogen-bond donors (Lipinski definition) is 1. The van der Waals surface area contributed by atoms with E-state index in [1.165, 1.54) is 0 Å². The van der Waals surface area contributed by atoms with E-state index in [2.05, 4.69) is 10.1 Å². The standard InChI is InChI=1S/C10H13N3O/c1-6-5-7(2)12-10-9(6)8(3-4-11)13-14-10/h5H,3-4,11H2,1-2H3. The maximum atomic E-state index is 5.49. The number of rotatable bonds is 2. The van der Waals surface area contributed by atoms with Gasteiger partial charge in [-0.25, -0.2) is 4.98 Å². The van der Waals surface area contributed by atoms with Crippen LogP contribution in [0.15, 0.2) is 10.6 Å². The maximum Gasteiger partial charge on any atom is 0.258 e. The van der Waals surface area contributed by atoms with Gasteiger partial charge in [0.25, 0.3) is 5.71 Å². The summed E-state index contributed by atoms with van der Waals surface area (Å²) in [5, 5.41) is 4.98. The summed E-state index contributed by atoms with van der Waals surface area (Å²) in [6.45, 7) is 4.56. The van der Waals surface area contributed by atoms with Crippen LogP contribution in [0.25, 0.3) is 11.1 Å². The molecule has 4 heteroatoms. The summed E-state index contributed by atoms with van der Waals surface area (Å²) >= 11 is 0. The zero-order valence-corrected chi connectivity index (χ0v) is 8.37. The van der Waals surface area contributed by atoms with Gasteiger partial charge in [0.05, 0.1) is 11.1 Å². The third-order valence-corrected chi connectivity index (χ3v) is 2.22. The molecule has 0 amide bonds. The Kier molecular flexibility index (Phi) is 2.21. The quantitative estimate of drug-likeness (QED) is 0.778. The van der Waals surface area contributed by atoms with Crippen LogP contribution in [0.3, 0.4) is 0 Å². The van der Waals surface area contributed by atoms with Crippen LogP contribution < -0.4 is 5.73 Å². The Hall–Kier alpha value is -1.42. The zero-order valence-electron chi connectivity index (χ0n) is 8.37. The van der Waals surface area contributed by atoms with E-state index in [1.807, 2.05) is 19.9 Å². The molecule has 0 aliphatic carbocycles. The molecule has 4 nitrogen and oxygen atoms in total. The summed E-state index contributed by atoms with van der Waals surface area (Å²) < 4.78 is 5.15. The van der Waals surface area contributed by atoms with E-state index in [-0.39, 0.29) is 0 Å². The normalized spacial score (nSPS) is 11.1. The molecule has 2 aromatic rings. The molecule has 2 aromatic heterocycles. The third-order valence-electron chi connectivity index (χ3n) is 2.22. The summed E-state index contributed by atoms with van der Waals surface area (Å²) in [6, 6.07) is 2.03. The second kappa shape index (κ2) is 3.38. The van der Waals surface area contributed by atoms with Crippen molar-refractivity contribution in [2.75, 3.05) is 6.54 Å². The van der Waals surface area contributed by atoms with Crippen LogP contribution in [0.5, 0.6) is 0 Å². The smallest absolute Gasteiger partial charge is 0.258 e. The summed E-state index contributed by atoms with van der Waals surface area (Å²) in [5.41, 5.74) is 9.11. The Bertz CT molecular complexity index is 462. The van der Waals surface area contributed by atoms with Gasteiger partial charge in [0, 0.05) is 12.1 Å². The molecule has 0 aliphatic heterocycles. The van der Waals surface area contributed by atoms with Gasteiger partial charge in [-0.2, -0.15) is 0 Å². The highest BCUT2D eigenvalue weighted by atomic mass is 16.5. The van der Waals surface area contributed by atoms with Gasteiger partial charge in [0.2, 0.25) is 0 Å². The number of pyridine rings is 1. The SMILES string of the molecule is Cc1cc(C)c2c(CCN)noc2n1. The molecule has 0 spiro atoms. The van der Waals surface area contributed by atoms with E-state index >= 15 is 0 Å². The number of nitrogens with two attached hydrogens (primary N) is 1. The molecule has 0 saturated heterocycles. The Labute approximate surface area is 82.1 Å². The van der Waals surface area contributed by atoms with Crippen LogP contribution in [-0.2, 0) is 6.42 Å². The van der Waals surface area contributed by atoms with Crippen molar-refractivity contribution in [1.82, 2.24) is 10.1 Å². The number of hydrogen-bond acceptors (Lipinski definition) is 4. The highest BCUT2D eigenvalue weighted by Gasteiger charge is 2.11. The lowest BCUT2D eigenvalue weighted by Gasteiger charge is -1.97. The summed E-state index contributed by atoms with van der Waals surface area (Å²) in [6.07, 6.45) is 0.735. The molecule has 0 saturated carbocycles. The van der Waals surface area contributed by atoms with Crippen molar-refractivity contribution in [2.45, 2.75) is 20.3 Å². The maximum absolute atomic E-state index is 5.49. The first-order valence-corrected chi connectivity index (χ1v) is 4.65. The first kappa shape index (κ1) is 9.15. The molecular weight excluding hydrogens is 178 g/mol. The predicted molar refractivity (Wildman–Crippen MR) is 54.0 cm³/mol. The summed E-state index contributed by atoms with van der Waals surface area (Å²) in [7, 11) is 0. The molecular formula is C10H13N3O. The number of fused-ring (bicyclic) bond motifs is 1. The Morgan fingerprint density at radius 3 is 2.93 bits per heavy atom. The number of aryl methyl sites for hydroxylation is 2. The van der Waals surface area contributed by atoms with E-state index < -0.39 is 0 Å². The van der Waals surface area contributed by atoms with Crippen LogP contribution in [0.2, 0.25) is 0 Å². The lowest BCUT2D eigenvalue weighted by atomic mass is 10.1. The highest BCUT2D eigenvalue weighted by molar-refractivity contribution is 5.80. The van der Waals surface area contributed by atoms with Crippen molar-refractivity contribution in [3.8, 4) is 0 Å². The predicted octanol–water partition coefficient (Wildman–Crippen LogP) is 1.34. The first-order chi connectivity index (χ1) is 6.72. The van der Waals surface area contributed by atoms with Crippen molar-refractivity contribution >= 4 is 11.1 Å². The molecule has 0 bridgehead atoms.